The second-order valence-electron chi connectivity index (χ2n) is 22.0. The van der Waals surface area contributed by atoms with Crippen molar-refractivity contribution >= 4 is 93.8 Å². The minimum absolute atomic E-state index is 0.0644. The number of amides is 7. The average Bonchev–Trinajstić information content (AvgIpc) is 1.22. The molecule has 4 heterocycles. The van der Waals surface area contributed by atoms with Crippen molar-refractivity contribution in [1.29, 1.82) is 0 Å². The number of aromatic nitrogens is 1. The van der Waals surface area contributed by atoms with Crippen LogP contribution in [-0.2, 0) is 59.0 Å². The Morgan fingerprint density at radius 1 is 0.778 bits per heavy atom. The van der Waals surface area contributed by atoms with Crippen LogP contribution in [0.3, 0.4) is 0 Å². The first kappa shape index (κ1) is 71.5. The lowest BCUT2D eigenvalue weighted by Crippen LogP contribution is -2.54. The van der Waals surface area contributed by atoms with Gasteiger partial charge in [-0.25, -0.2) is 13.2 Å². The highest BCUT2D eigenvalue weighted by molar-refractivity contribution is 14.1. The summed E-state index contributed by atoms with van der Waals surface area (Å²) in [6.07, 6.45) is 4.81. The van der Waals surface area contributed by atoms with E-state index in [1.165, 1.54) is 17.2 Å². The number of aryl methyl sites for hydroxylation is 1. The quantitative estimate of drug-likeness (QED) is 0.0195. The molecule has 3 aromatic rings. The number of likely N-dealkylation sites (tertiary alicyclic amines) is 1. The highest BCUT2D eigenvalue weighted by Gasteiger charge is 2.46. The Hall–Kier alpha value is -7.57. The third-order valence-electron chi connectivity index (χ3n) is 15.3. The van der Waals surface area contributed by atoms with E-state index in [2.05, 4.69) is 59.7 Å². The summed E-state index contributed by atoms with van der Waals surface area (Å²) >= 11 is 2.21. The molecule has 2 aromatic carbocycles. The number of carboxylic acids is 1. The number of terminal acetylenes is 1. The molecule has 0 bridgehead atoms. The number of pyridine rings is 1. The number of nitrogens with zero attached hydrogens (tertiary/aromatic N) is 8. The van der Waals surface area contributed by atoms with Gasteiger partial charge in [-0.3, -0.25) is 82.7 Å². The summed E-state index contributed by atoms with van der Waals surface area (Å²) in [5.74, 6) is -6.59. The molecule has 90 heavy (non-hydrogen) atoms. The number of hydrogen-bond acceptors (Lipinski definition) is 19. The van der Waals surface area contributed by atoms with Crippen LogP contribution in [0.15, 0.2) is 54.7 Å². The topological polar surface area (TPSA) is 302 Å². The molecule has 30 heteroatoms. The Balaban J connectivity index is 0.995. The summed E-state index contributed by atoms with van der Waals surface area (Å²) < 4.78 is 60.9. The zero-order valence-corrected chi connectivity index (χ0v) is 52.2. The van der Waals surface area contributed by atoms with Gasteiger partial charge in [0.15, 0.2) is 0 Å². The van der Waals surface area contributed by atoms with Gasteiger partial charge >= 0.3 is 5.97 Å². The maximum absolute atomic E-state index is 15.9. The van der Waals surface area contributed by atoms with Gasteiger partial charge in [-0.1, -0.05) is 18.1 Å². The Morgan fingerprint density at radius 2 is 1.41 bits per heavy atom. The van der Waals surface area contributed by atoms with E-state index in [4.69, 9.17) is 20.6 Å². The predicted molar refractivity (Wildman–Crippen MR) is 328 cm³/mol. The third kappa shape index (κ3) is 24.7. The van der Waals surface area contributed by atoms with Crippen LogP contribution >= 0.6 is 22.6 Å². The lowest BCUT2D eigenvalue weighted by Gasteiger charge is -2.34. The van der Waals surface area contributed by atoms with Crippen molar-refractivity contribution in [2.24, 2.45) is 0 Å². The number of benzene rings is 2. The number of alkyl halides is 3. The molecule has 5 N–H and O–H groups in total. The molecule has 0 aliphatic carbocycles. The highest BCUT2D eigenvalue weighted by atomic mass is 127. The number of ether oxygens (including phenoxy) is 3. The second kappa shape index (κ2) is 36.9. The predicted octanol–water partition coefficient (Wildman–Crippen LogP) is 0.694. The van der Waals surface area contributed by atoms with Gasteiger partial charge in [0.25, 0.3) is 24.8 Å². The number of rotatable bonds is 31. The lowest BCUT2D eigenvalue weighted by atomic mass is 10.1. The molecule has 6 rings (SSSR count). The summed E-state index contributed by atoms with van der Waals surface area (Å²) in [5.41, 5.74) is 1.73. The molecular weight excluding hydrogens is 1300 g/mol. The van der Waals surface area contributed by atoms with Crippen molar-refractivity contribution in [3.63, 3.8) is 0 Å². The molecular formula is C60H78F3IN12O14. The zero-order chi connectivity index (χ0) is 65.0. The Morgan fingerprint density at radius 3 is 2.04 bits per heavy atom. The van der Waals surface area contributed by atoms with E-state index in [0.717, 1.165) is 14.0 Å². The fourth-order valence-corrected chi connectivity index (χ4v) is 10.8. The molecule has 26 nitrogen and oxygen atoms in total. The fourth-order valence-electron chi connectivity index (χ4n) is 10.4. The molecule has 1 aromatic heterocycles. The molecule has 2 unspecified atom stereocenters. The summed E-state index contributed by atoms with van der Waals surface area (Å²) in [7, 11) is 0. The SMILES string of the molecule is C#C[C@H]1CC(F)(F)CN1C(=O)CNC(=O)c1ccnc2ccc(OCCCN3CCN(C(=O)CC(=O)NC(=O)C(CC(F)CCNC(=O)CCCc4ccc(I)cc4)NC(=O)CN4CCN(COC=O)CCN(COC=O)CCN(CC(=O)O)CC4)CC3)cc12. The van der Waals surface area contributed by atoms with E-state index in [-0.39, 0.29) is 116 Å². The number of piperazine rings is 1. The van der Waals surface area contributed by atoms with Crippen LogP contribution in [-0.4, -0.2) is 267 Å². The number of fused-ring (bicyclic) bond motifs is 1. The Bertz CT molecular complexity index is 2980. The summed E-state index contributed by atoms with van der Waals surface area (Å²) in [4.78, 5) is 143. The smallest absolute Gasteiger partial charge is 0.317 e. The molecule has 3 aliphatic rings. The number of hydrogen-bond donors (Lipinski definition) is 5. The van der Waals surface area contributed by atoms with Crippen LogP contribution in [0, 0.1) is 15.9 Å². The van der Waals surface area contributed by atoms with E-state index >= 15 is 4.39 Å². The van der Waals surface area contributed by atoms with Crippen molar-refractivity contribution in [3.8, 4) is 18.1 Å². The average molecular weight is 1380 g/mol. The van der Waals surface area contributed by atoms with Gasteiger partial charge in [0.2, 0.25) is 35.4 Å². The van der Waals surface area contributed by atoms with E-state index in [1.54, 1.807) is 37.8 Å². The van der Waals surface area contributed by atoms with Crippen LogP contribution < -0.4 is 26.0 Å². The first-order valence-corrected chi connectivity index (χ1v) is 30.7. The second-order valence-corrected chi connectivity index (χ2v) is 23.3. The van der Waals surface area contributed by atoms with E-state index in [1.807, 2.05) is 24.3 Å². The Labute approximate surface area is 533 Å². The maximum Gasteiger partial charge on any atom is 0.317 e. The minimum atomic E-state index is -3.12. The maximum atomic E-state index is 15.9. The molecule has 490 valence electrons. The van der Waals surface area contributed by atoms with E-state index in [9.17, 15) is 61.8 Å². The highest BCUT2D eigenvalue weighted by Crippen LogP contribution is 2.32. The normalized spacial score (nSPS) is 17.9. The van der Waals surface area contributed by atoms with Crippen molar-refractivity contribution < 1.29 is 80.4 Å². The Kier molecular flexibility index (Phi) is 29.3. The number of carbonyl (C=O) groups excluding carboxylic acids is 9. The van der Waals surface area contributed by atoms with Gasteiger partial charge < -0.3 is 45.1 Å². The van der Waals surface area contributed by atoms with Gasteiger partial charge in [0.1, 0.15) is 37.8 Å². The molecule has 0 radical (unpaired) electrons. The first-order valence-electron chi connectivity index (χ1n) is 29.6. The van der Waals surface area contributed by atoms with Crippen molar-refractivity contribution in [3.05, 3.63) is 69.4 Å². The molecule has 3 saturated heterocycles. The minimum Gasteiger partial charge on any atom is -0.494 e. The fraction of sp³-hybridized carbons (Fsp3) is 0.550. The summed E-state index contributed by atoms with van der Waals surface area (Å²) in [6, 6.07) is 11.7. The van der Waals surface area contributed by atoms with Gasteiger partial charge in [-0.15, -0.1) is 6.42 Å². The summed E-state index contributed by atoms with van der Waals surface area (Å²) in [6.45, 7) is 2.42. The molecule has 3 fully saturated rings. The van der Waals surface area contributed by atoms with Crippen molar-refractivity contribution in [1.82, 2.24) is 60.6 Å². The van der Waals surface area contributed by atoms with Crippen molar-refractivity contribution in [2.45, 2.75) is 75.5 Å². The third-order valence-corrected chi connectivity index (χ3v) is 16.1. The van der Waals surface area contributed by atoms with Crippen LogP contribution in [0.25, 0.3) is 10.9 Å². The zero-order valence-electron chi connectivity index (χ0n) is 50.0. The van der Waals surface area contributed by atoms with Crippen LogP contribution in [0.2, 0.25) is 0 Å². The van der Waals surface area contributed by atoms with Crippen molar-refractivity contribution in [2.75, 3.05) is 138 Å². The largest absolute Gasteiger partial charge is 0.494 e. The number of imide groups is 1. The van der Waals surface area contributed by atoms with Gasteiger partial charge in [-0.2, -0.15) is 0 Å². The lowest BCUT2D eigenvalue weighted by molar-refractivity contribution is -0.140. The van der Waals surface area contributed by atoms with Gasteiger partial charge in [0, 0.05) is 126 Å². The summed E-state index contributed by atoms with van der Waals surface area (Å²) in [5, 5.41) is 20.0. The van der Waals surface area contributed by atoms with E-state index < -0.39 is 97.9 Å². The van der Waals surface area contributed by atoms with E-state index in [0.29, 0.717) is 81.7 Å². The number of carbonyl (C=O) groups is 10. The van der Waals surface area contributed by atoms with Gasteiger partial charge in [-0.05, 0) is 90.2 Å². The number of carboxylic acid groups (broad SMARTS) is 1. The molecule has 7 amide bonds. The standard InChI is InChI=1S/C60H78F3IN12O14/c1-2-46-34-60(62,63)38-76(46)56(83)35-67-58(86)48-14-16-65-50-12-11-47(32-49(48)50)90-30-4-17-70-26-28-75(29-27-70)55(82)33-53(80)69-59(87)51(31-44(61)13-15-66-52(79)6-3-5-43-7-9-45(64)10-8-43)68-54(81)36-71-18-19-72(37-57(84)85)21-23-74(40-89-42-78)25-24-73(22-20-71)39-88-41-77/h1,7-12,14,16,32,41-42,44,46,51H,3-6,13,15,17-31,33-40H2,(H,66,79)(H,67,86)(H,68,81)(H,84,85)(H,69,80,87)/t44?,46-,51?/m0/s1. The molecule has 3 atom stereocenters. The monoisotopic (exact) mass is 1370 g/mol. The van der Waals surface area contributed by atoms with Gasteiger partial charge in [0.05, 0.1) is 49.9 Å². The number of aliphatic carboxylic acids is 1. The molecule has 3 aliphatic heterocycles. The first-order chi connectivity index (χ1) is 43.2. The van der Waals surface area contributed by atoms with Crippen LogP contribution in [0.5, 0.6) is 5.75 Å². The number of nitrogens with one attached hydrogen (secondary N) is 4. The number of halogens is 4. The molecule has 0 spiro atoms. The van der Waals surface area contributed by atoms with Crippen LogP contribution in [0.1, 0.15) is 60.9 Å². The molecule has 0 saturated carbocycles. The van der Waals surface area contributed by atoms with Crippen LogP contribution in [0.4, 0.5) is 13.2 Å².